The zero-order valence-corrected chi connectivity index (χ0v) is 9.65. The van der Waals surface area contributed by atoms with E-state index >= 15 is 0 Å². The Morgan fingerprint density at radius 1 is 1.44 bits per heavy atom. The summed E-state index contributed by atoms with van der Waals surface area (Å²) in [6, 6.07) is 2.05. The van der Waals surface area contributed by atoms with Crippen LogP contribution in [0, 0.1) is 0 Å². The van der Waals surface area contributed by atoms with Crippen molar-refractivity contribution in [3.63, 3.8) is 0 Å². The average molecular weight is 220 g/mol. The van der Waals surface area contributed by atoms with Crippen LogP contribution in [0.4, 0.5) is 0 Å². The number of hydrogen-bond donors (Lipinski definition) is 2. The van der Waals surface area contributed by atoms with E-state index in [9.17, 15) is 0 Å². The molecule has 0 unspecified atom stereocenters. The van der Waals surface area contributed by atoms with Crippen LogP contribution in [-0.2, 0) is 13.0 Å². The van der Waals surface area contributed by atoms with Crippen LogP contribution in [0.5, 0.6) is 0 Å². The number of aromatic nitrogens is 1. The average Bonchev–Trinajstić information content (AvgIpc) is 2.33. The molecule has 2 N–H and O–H groups in total. The maximum atomic E-state index is 8.67. The van der Waals surface area contributed by atoms with Gasteiger partial charge in [0.2, 0.25) is 0 Å². The van der Waals surface area contributed by atoms with Crippen molar-refractivity contribution in [3.8, 4) is 0 Å². The van der Waals surface area contributed by atoms with Crippen LogP contribution in [-0.4, -0.2) is 23.2 Å². The zero-order chi connectivity index (χ0) is 11.6. The van der Waals surface area contributed by atoms with Gasteiger partial charge in [0, 0.05) is 25.5 Å². The Balaban J connectivity index is 2.46. The fraction of sp³-hybridized carbons (Fsp3) is 0.462. The Labute approximate surface area is 97.2 Å². The molecule has 16 heavy (non-hydrogen) atoms. The van der Waals surface area contributed by atoms with Gasteiger partial charge in [0.05, 0.1) is 0 Å². The monoisotopic (exact) mass is 220 g/mol. The Hall–Kier alpha value is -1.19. The molecule has 88 valence electrons. The Morgan fingerprint density at radius 3 is 3.06 bits per heavy atom. The van der Waals surface area contributed by atoms with Crippen LogP contribution in [0.15, 0.2) is 31.1 Å². The van der Waals surface area contributed by atoms with Gasteiger partial charge in [-0.2, -0.15) is 0 Å². The highest BCUT2D eigenvalue weighted by Gasteiger charge is 2.00. The van der Waals surface area contributed by atoms with Crippen LogP contribution >= 0.6 is 0 Å². The molecule has 0 bridgehead atoms. The summed E-state index contributed by atoms with van der Waals surface area (Å²) in [4.78, 5) is 4.14. The molecule has 3 nitrogen and oxygen atoms in total. The molecule has 0 radical (unpaired) electrons. The molecule has 1 heterocycles. The van der Waals surface area contributed by atoms with E-state index in [0.717, 1.165) is 32.4 Å². The summed E-state index contributed by atoms with van der Waals surface area (Å²) >= 11 is 0. The van der Waals surface area contributed by atoms with Crippen molar-refractivity contribution in [2.45, 2.75) is 25.8 Å². The van der Waals surface area contributed by atoms with Gasteiger partial charge in [-0.15, -0.1) is 6.58 Å². The Morgan fingerprint density at radius 2 is 2.31 bits per heavy atom. The quantitative estimate of drug-likeness (QED) is 0.517. The number of aliphatic hydroxyl groups is 1. The topological polar surface area (TPSA) is 45.2 Å². The summed E-state index contributed by atoms with van der Waals surface area (Å²) in [5.41, 5.74) is 2.56. The first-order chi connectivity index (χ1) is 7.88. The van der Waals surface area contributed by atoms with E-state index in [0.29, 0.717) is 0 Å². The number of allylic oxidation sites excluding steroid dienone is 1. The highest BCUT2D eigenvalue weighted by atomic mass is 16.3. The third-order valence-electron chi connectivity index (χ3n) is 2.45. The molecule has 0 saturated carbocycles. The fourth-order valence-corrected chi connectivity index (χ4v) is 1.54. The molecule has 1 rings (SSSR count). The standard InChI is InChI=1S/C13H20N2O/c1-2-3-5-12-10-15-8-6-13(12)11-14-7-4-9-16/h2,6,8,10,14,16H,1,3-5,7,9,11H2. The first-order valence-corrected chi connectivity index (χ1v) is 5.72. The Bertz CT molecular complexity index is 313. The van der Waals surface area contributed by atoms with Crippen molar-refractivity contribution in [2.75, 3.05) is 13.2 Å². The van der Waals surface area contributed by atoms with Gasteiger partial charge in [-0.1, -0.05) is 6.08 Å². The second kappa shape index (κ2) is 8.02. The van der Waals surface area contributed by atoms with Gasteiger partial charge in [0.15, 0.2) is 0 Å². The summed E-state index contributed by atoms with van der Waals surface area (Å²) in [6.07, 6.45) is 8.44. The molecule has 0 amide bonds. The third-order valence-corrected chi connectivity index (χ3v) is 2.45. The highest BCUT2D eigenvalue weighted by molar-refractivity contribution is 5.23. The van der Waals surface area contributed by atoms with Crippen LogP contribution in [0.3, 0.4) is 0 Å². The van der Waals surface area contributed by atoms with Gasteiger partial charge in [0.1, 0.15) is 0 Å². The molecule has 1 aromatic rings. The minimum Gasteiger partial charge on any atom is -0.396 e. The third kappa shape index (κ3) is 4.55. The fourth-order valence-electron chi connectivity index (χ4n) is 1.54. The predicted octanol–water partition coefficient (Wildman–Crippen LogP) is 1.67. The van der Waals surface area contributed by atoms with Crippen molar-refractivity contribution in [1.29, 1.82) is 0 Å². The summed E-state index contributed by atoms with van der Waals surface area (Å²) in [6.45, 7) is 5.66. The van der Waals surface area contributed by atoms with Crippen molar-refractivity contribution < 1.29 is 5.11 Å². The summed E-state index contributed by atoms with van der Waals surface area (Å²) < 4.78 is 0. The molecular formula is C13H20N2O. The van der Waals surface area contributed by atoms with Crippen LogP contribution in [0.25, 0.3) is 0 Å². The van der Waals surface area contributed by atoms with E-state index in [4.69, 9.17) is 5.11 Å². The molecular weight excluding hydrogens is 200 g/mol. The molecule has 0 aliphatic rings. The molecule has 3 heteroatoms. The Kier molecular flexibility index (Phi) is 6.45. The van der Waals surface area contributed by atoms with Crippen LogP contribution in [0.2, 0.25) is 0 Å². The lowest BCUT2D eigenvalue weighted by Gasteiger charge is -2.08. The van der Waals surface area contributed by atoms with Crippen molar-refractivity contribution in [1.82, 2.24) is 10.3 Å². The normalized spacial score (nSPS) is 10.3. The van der Waals surface area contributed by atoms with Gasteiger partial charge in [-0.25, -0.2) is 0 Å². The lowest BCUT2D eigenvalue weighted by atomic mass is 10.1. The molecule has 1 aromatic heterocycles. The number of nitrogens with zero attached hydrogens (tertiary/aromatic N) is 1. The van der Waals surface area contributed by atoms with E-state index in [1.807, 2.05) is 24.5 Å². The second-order valence-electron chi connectivity index (χ2n) is 3.73. The largest absolute Gasteiger partial charge is 0.396 e. The summed E-state index contributed by atoms with van der Waals surface area (Å²) in [5, 5.41) is 12.0. The number of nitrogens with one attached hydrogen (secondary N) is 1. The zero-order valence-electron chi connectivity index (χ0n) is 9.65. The van der Waals surface area contributed by atoms with Crippen LogP contribution in [0.1, 0.15) is 24.0 Å². The van der Waals surface area contributed by atoms with Gasteiger partial charge in [-0.05, 0) is 43.0 Å². The molecule has 0 fully saturated rings. The number of pyridine rings is 1. The first kappa shape index (κ1) is 12.9. The number of aryl methyl sites for hydroxylation is 1. The maximum Gasteiger partial charge on any atom is 0.0443 e. The van der Waals surface area contributed by atoms with E-state index in [1.54, 1.807) is 0 Å². The molecule has 0 atom stereocenters. The number of hydrogen-bond acceptors (Lipinski definition) is 3. The minimum atomic E-state index is 0.243. The minimum absolute atomic E-state index is 0.243. The van der Waals surface area contributed by atoms with Gasteiger partial charge in [-0.3, -0.25) is 4.98 Å². The van der Waals surface area contributed by atoms with E-state index in [2.05, 4.69) is 16.9 Å². The summed E-state index contributed by atoms with van der Waals surface area (Å²) in [7, 11) is 0. The smallest absolute Gasteiger partial charge is 0.0443 e. The lowest BCUT2D eigenvalue weighted by molar-refractivity contribution is 0.286. The van der Waals surface area contributed by atoms with Gasteiger partial charge >= 0.3 is 0 Å². The van der Waals surface area contributed by atoms with E-state index in [-0.39, 0.29) is 6.61 Å². The second-order valence-corrected chi connectivity index (χ2v) is 3.73. The van der Waals surface area contributed by atoms with Crippen molar-refractivity contribution in [2.24, 2.45) is 0 Å². The van der Waals surface area contributed by atoms with Crippen LogP contribution < -0.4 is 5.32 Å². The van der Waals surface area contributed by atoms with E-state index < -0.39 is 0 Å². The van der Waals surface area contributed by atoms with Crippen molar-refractivity contribution >= 4 is 0 Å². The van der Waals surface area contributed by atoms with E-state index in [1.165, 1.54) is 11.1 Å². The van der Waals surface area contributed by atoms with Crippen molar-refractivity contribution in [3.05, 3.63) is 42.2 Å². The molecule has 0 spiro atoms. The number of aliphatic hydroxyl groups excluding tert-OH is 1. The summed E-state index contributed by atoms with van der Waals surface area (Å²) in [5.74, 6) is 0. The molecule has 0 aliphatic carbocycles. The molecule has 0 aromatic carbocycles. The highest BCUT2D eigenvalue weighted by Crippen LogP contribution is 2.09. The first-order valence-electron chi connectivity index (χ1n) is 5.72. The molecule has 0 saturated heterocycles. The number of rotatable bonds is 8. The SMILES string of the molecule is C=CCCc1cnccc1CNCCCO. The molecule has 0 aliphatic heterocycles. The van der Waals surface area contributed by atoms with Gasteiger partial charge < -0.3 is 10.4 Å². The maximum absolute atomic E-state index is 8.67. The van der Waals surface area contributed by atoms with Gasteiger partial charge in [0.25, 0.3) is 0 Å². The lowest BCUT2D eigenvalue weighted by Crippen LogP contribution is -2.16. The predicted molar refractivity (Wildman–Crippen MR) is 66.2 cm³/mol.